The Kier molecular flexibility index (Phi) is 6.85. The van der Waals surface area contributed by atoms with E-state index < -0.39 is 28.8 Å². The lowest BCUT2D eigenvalue weighted by molar-refractivity contribution is -0.120. The van der Waals surface area contributed by atoms with Gasteiger partial charge in [0.1, 0.15) is 28.4 Å². The Labute approximate surface area is 230 Å². The van der Waals surface area contributed by atoms with Crippen LogP contribution in [0.15, 0.2) is 71.1 Å². The minimum absolute atomic E-state index is 0.00226. The van der Waals surface area contributed by atoms with E-state index in [0.717, 1.165) is 11.6 Å². The summed E-state index contributed by atoms with van der Waals surface area (Å²) < 4.78 is 42.8. The van der Waals surface area contributed by atoms with Gasteiger partial charge in [0, 0.05) is 12.0 Å². The summed E-state index contributed by atoms with van der Waals surface area (Å²) in [5.74, 6) is -0.233. The zero-order chi connectivity index (χ0) is 28.7. The van der Waals surface area contributed by atoms with E-state index in [4.69, 9.17) is 14.9 Å². The van der Waals surface area contributed by atoms with Crippen LogP contribution >= 0.6 is 0 Å². The predicted octanol–water partition coefficient (Wildman–Crippen LogP) is 5.92. The maximum atomic E-state index is 15.9. The highest BCUT2D eigenvalue weighted by molar-refractivity contribution is 5.99. The third-order valence-electron chi connectivity index (χ3n) is 6.84. The van der Waals surface area contributed by atoms with Crippen LogP contribution in [0.2, 0.25) is 0 Å². The first kappa shape index (κ1) is 27.0. The number of nitrogens with two attached hydrogens (primary N) is 1. The Balaban J connectivity index is 1.53. The summed E-state index contributed by atoms with van der Waals surface area (Å²) in [6.07, 6.45) is -0.320. The van der Waals surface area contributed by atoms with Crippen LogP contribution in [-0.4, -0.2) is 22.1 Å². The zero-order valence-corrected chi connectivity index (χ0v) is 22.2. The van der Waals surface area contributed by atoms with Crippen LogP contribution in [0.25, 0.3) is 11.5 Å². The van der Waals surface area contributed by atoms with Crippen LogP contribution in [0, 0.1) is 17.1 Å². The van der Waals surface area contributed by atoms with Gasteiger partial charge in [0.05, 0.1) is 29.9 Å². The average Bonchev–Trinajstić information content (AvgIpc) is 3.42. The Morgan fingerprint density at radius 2 is 1.82 bits per heavy atom. The van der Waals surface area contributed by atoms with Crippen LogP contribution < -0.4 is 15.4 Å². The predicted molar refractivity (Wildman–Crippen MR) is 144 cm³/mol. The summed E-state index contributed by atoms with van der Waals surface area (Å²) >= 11 is 0. The van der Waals surface area contributed by atoms with Crippen molar-refractivity contribution >= 4 is 11.6 Å². The molecule has 0 fully saturated rings. The van der Waals surface area contributed by atoms with Crippen molar-refractivity contribution in [1.82, 2.24) is 10.2 Å². The van der Waals surface area contributed by atoms with Gasteiger partial charge in [0.15, 0.2) is 0 Å². The largest absolute Gasteiger partial charge is 0.457 e. The number of fused-ring (bicyclic) bond motifs is 1. The second-order valence-electron chi connectivity index (χ2n) is 10.5. The smallest absolute Gasteiger partial charge is 0.250 e. The summed E-state index contributed by atoms with van der Waals surface area (Å²) in [5.41, 5.74) is 3.65. The van der Waals surface area contributed by atoms with Gasteiger partial charge in [-0.15, -0.1) is 10.2 Å². The zero-order valence-electron chi connectivity index (χ0n) is 22.2. The number of hydrogen-bond acceptors (Lipinski definition) is 7. The number of hydrogen-bond donors (Lipinski definition) is 1. The molecule has 1 aliphatic rings. The quantitative estimate of drug-likeness (QED) is 0.321. The number of carbonyl (C=O) groups is 1. The van der Waals surface area contributed by atoms with Crippen LogP contribution in [0.4, 0.5) is 14.5 Å². The molecule has 40 heavy (non-hydrogen) atoms. The third-order valence-corrected chi connectivity index (χ3v) is 6.84. The molecule has 2 heterocycles. The molecule has 0 bridgehead atoms. The van der Waals surface area contributed by atoms with Gasteiger partial charge in [-0.05, 0) is 62.7 Å². The lowest BCUT2D eigenvalue weighted by Crippen LogP contribution is -2.43. The molecule has 1 amide bonds. The summed E-state index contributed by atoms with van der Waals surface area (Å²) in [6.45, 7) is 4.49. The first-order valence-electron chi connectivity index (χ1n) is 12.7. The SMILES string of the molecule is CC(C)(C#N)c1nnc(-c2cc3c(cc2F)[C@](C)(F)C[C@H](N)C(=O)N3Cc2ccc(Oc3ccccc3)cc2)o1. The van der Waals surface area contributed by atoms with Crippen molar-refractivity contribution < 1.29 is 22.7 Å². The van der Waals surface area contributed by atoms with Gasteiger partial charge in [-0.25, -0.2) is 8.78 Å². The highest BCUT2D eigenvalue weighted by atomic mass is 19.1. The molecule has 10 heteroatoms. The normalized spacial score (nSPS) is 19.1. The maximum Gasteiger partial charge on any atom is 0.250 e. The number of carbonyl (C=O) groups excluding carboxylic acids is 1. The molecule has 3 aromatic carbocycles. The Morgan fingerprint density at radius 1 is 1.15 bits per heavy atom. The standard InChI is InChI=1S/C30H27F2N5O3/c1-29(2,17-33)28-36-35-26(40-28)21-13-25-22(14-23(21)31)30(3,32)15-24(34)27(38)37(25)16-18-9-11-20(12-10-18)39-19-7-5-4-6-8-19/h4-14,24H,15-16,34H2,1-3H3/t24-,30+/m0/s1. The number of amides is 1. The first-order chi connectivity index (χ1) is 19.0. The minimum atomic E-state index is -2.09. The number of ether oxygens (including phenoxy) is 1. The van der Waals surface area contributed by atoms with E-state index in [1.165, 1.54) is 17.9 Å². The fourth-order valence-corrected chi connectivity index (χ4v) is 4.56. The van der Waals surface area contributed by atoms with Gasteiger partial charge in [-0.2, -0.15) is 5.26 Å². The third kappa shape index (κ3) is 5.16. The monoisotopic (exact) mass is 543 g/mol. The molecule has 1 aliphatic heterocycles. The Bertz CT molecular complexity index is 1590. The van der Waals surface area contributed by atoms with Gasteiger partial charge in [-0.3, -0.25) is 4.79 Å². The molecule has 1 aromatic heterocycles. The lowest BCUT2D eigenvalue weighted by Gasteiger charge is -2.26. The number of nitrogens with zero attached hydrogens (tertiary/aromatic N) is 4. The van der Waals surface area contributed by atoms with E-state index in [0.29, 0.717) is 11.5 Å². The van der Waals surface area contributed by atoms with Gasteiger partial charge in [-0.1, -0.05) is 30.3 Å². The van der Waals surface area contributed by atoms with E-state index in [-0.39, 0.29) is 41.6 Å². The van der Waals surface area contributed by atoms with Crippen molar-refractivity contribution in [2.45, 2.75) is 50.9 Å². The highest BCUT2D eigenvalue weighted by Gasteiger charge is 2.42. The average molecular weight is 544 g/mol. The summed E-state index contributed by atoms with van der Waals surface area (Å²) in [5, 5.41) is 17.2. The van der Waals surface area contributed by atoms with Crippen LogP contribution in [0.3, 0.4) is 0 Å². The molecule has 0 saturated heterocycles. The van der Waals surface area contributed by atoms with E-state index in [2.05, 4.69) is 16.3 Å². The lowest BCUT2D eigenvalue weighted by atomic mass is 9.90. The molecule has 0 aliphatic carbocycles. The second-order valence-corrected chi connectivity index (χ2v) is 10.5. The minimum Gasteiger partial charge on any atom is -0.457 e. The van der Waals surface area contributed by atoms with E-state index in [1.807, 2.05) is 30.3 Å². The molecule has 8 nitrogen and oxygen atoms in total. The number of benzene rings is 3. The van der Waals surface area contributed by atoms with Crippen molar-refractivity contribution in [2.24, 2.45) is 5.73 Å². The molecule has 0 radical (unpaired) electrons. The number of aromatic nitrogens is 2. The van der Waals surface area contributed by atoms with E-state index in [9.17, 15) is 10.1 Å². The van der Waals surface area contributed by atoms with E-state index in [1.54, 1.807) is 38.1 Å². The summed E-state index contributed by atoms with van der Waals surface area (Å²) in [7, 11) is 0. The van der Waals surface area contributed by atoms with Crippen LogP contribution in [0.1, 0.15) is 44.2 Å². The number of para-hydroxylation sites is 1. The number of anilines is 1. The van der Waals surface area contributed by atoms with Crippen molar-refractivity contribution in [3.05, 3.63) is 89.6 Å². The molecule has 2 N–H and O–H groups in total. The molecular formula is C30H27F2N5O3. The molecule has 0 unspecified atom stereocenters. The maximum absolute atomic E-state index is 15.9. The highest BCUT2D eigenvalue weighted by Crippen LogP contribution is 2.44. The summed E-state index contributed by atoms with van der Waals surface area (Å²) in [4.78, 5) is 14.8. The van der Waals surface area contributed by atoms with Crippen molar-refractivity contribution in [3.8, 4) is 29.0 Å². The fourth-order valence-electron chi connectivity index (χ4n) is 4.56. The molecule has 0 spiro atoms. The summed E-state index contributed by atoms with van der Waals surface area (Å²) in [6, 6.07) is 19.6. The molecule has 204 valence electrons. The first-order valence-corrected chi connectivity index (χ1v) is 12.7. The second kappa shape index (κ2) is 10.2. The number of rotatable bonds is 6. The van der Waals surface area contributed by atoms with E-state index >= 15 is 8.78 Å². The Morgan fingerprint density at radius 3 is 2.50 bits per heavy atom. The van der Waals surface area contributed by atoms with Gasteiger partial charge in [0.2, 0.25) is 11.8 Å². The molecule has 2 atom stereocenters. The van der Waals surface area contributed by atoms with Crippen molar-refractivity contribution in [3.63, 3.8) is 0 Å². The Hall–Kier alpha value is -4.62. The van der Waals surface area contributed by atoms with Crippen molar-refractivity contribution in [1.29, 1.82) is 5.26 Å². The van der Waals surface area contributed by atoms with Crippen LogP contribution in [0.5, 0.6) is 11.5 Å². The molecular weight excluding hydrogens is 516 g/mol. The fraction of sp³-hybridized carbons (Fsp3) is 0.267. The van der Waals surface area contributed by atoms with Gasteiger partial charge >= 0.3 is 0 Å². The molecule has 5 rings (SSSR count). The number of halogens is 2. The van der Waals surface area contributed by atoms with Crippen molar-refractivity contribution in [2.75, 3.05) is 4.90 Å². The molecule has 0 saturated carbocycles. The van der Waals surface area contributed by atoms with Gasteiger partial charge < -0.3 is 19.8 Å². The number of nitriles is 1. The molecule has 4 aromatic rings. The van der Waals surface area contributed by atoms with Gasteiger partial charge in [0.25, 0.3) is 5.89 Å². The van der Waals surface area contributed by atoms with Crippen LogP contribution in [-0.2, 0) is 22.4 Å². The topological polar surface area (TPSA) is 118 Å². The number of alkyl halides is 1.